The molecule has 0 spiro atoms. The molecule has 1 atom stereocenters. The molecular formula is C35H50IP. The van der Waals surface area contributed by atoms with Crippen molar-refractivity contribution in [3.63, 3.8) is 0 Å². The van der Waals surface area contributed by atoms with Crippen molar-refractivity contribution in [1.29, 1.82) is 0 Å². The first-order valence-corrected chi connectivity index (χ1v) is 15.4. The molecule has 0 nitrogen and oxygen atoms in total. The number of benzene rings is 3. The van der Waals surface area contributed by atoms with E-state index in [1.807, 2.05) is 0 Å². The first-order valence-electron chi connectivity index (χ1n) is 14.6. The fourth-order valence-electron chi connectivity index (χ4n) is 5.77. The summed E-state index contributed by atoms with van der Waals surface area (Å²) in [6.07, 6.45) is 21.5. The summed E-state index contributed by atoms with van der Waals surface area (Å²) in [4.78, 5) is 0. The molecule has 2 heteroatoms. The van der Waals surface area contributed by atoms with Gasteiger partial charge in [0.1, 0.15) is 0 Å². The van der Waals surface area contributed by atoms with E-state index in [4.69, 9.17) is 0 Å². The van der Waals surface area contributed by atoms with Crippen molar-refractivity contribution in [2.45, 2.75) is 96.3 Å². The molecule has 0 amide bonds. The maximum Gasteiger partial charge on any atom is -0.0176 e. The second-order valence-corrected chi connectivity index (χ2v) is 11.5. The summed E-state index contributed by atoms with van der Waals surface area (Å²) in [5, 5.41) is 0. The van der Waals surface area contributed by atoms with Crippen LogP contribution in [0.1, 0.15) is 93.7 Å². The Morgan fingerprint density at radius 1 is 0.405 bits per heavy atom. The van der Waals surface area contributed by atoms with Crippen molar-refractivity contribution < 1.29 is 0 Å². The standard InChI is InChI=1S/C35H49P.HI/c36-28-20-9-7-5-3-1-2-4-6-8-19-27-35(29-32-21-13-10-14-22-32,30-33-23-15-11-16-24-33)31-34-25-17-12-18-26-34;/h10-18,21-26H,1-9,19-20,27-31,36H2;1H. The zero-order chi connectivity index (χ0) is 25.2. The molecule has 0 saturated carbocycles. The van der Waals surface area contributed by atoms with Crippen LogP contribution < -0.4 is 0 Å². The zero-order valence-corrected chi connectivity index (χ0v) is 26.4. The summed E-state index contributed by atoms with van der Waals surface area (Å²) in [5.74, 6) is 0. The van der Waals surface area contributed by atoms with Gasteiger partial charge in [0.05, 0.1) is 0 Å². The van der Waals surface area contributed by atoms with Gasteiger partial charge >= 0.3 is 0 Å². The van der Waals surface area contributed by atoms with Gasteiger partial charge < -0.3 is 0 Å². The summed E-state index contributed by atoms with van der Waals surface area (Å²) in [6, 6.07) is 33.6. The Hall–Kier alpha value is -1.18. The molecular weight excluding hydrogens is 578 g/mol. The summed E-state index contributed by atoms with van der Waals surface area (Å²) >= 11 is 0. The van der Waals surface area contributed by atoms with E-state index in [1.54, 1.807) is 0 Å². The number of hydrogen-bond acceptors (Lipinski definition) is 0. The average Bonchev–Trinajstić information content (AvgIpc) is 2.91. The predicted octanol–water partition coefficient (Wildman–Crippen LogP) is 10.9. The van der Waals surface area contributed by atoms with E-state index in [0.717, 1.165) is 19.3 Å². The van der Waals surface area contributed by atoms with Crippen molar-refractivity contribution in [3.05, 3.63) is 108 Å². The molecule has 0 fully saturated rings. The highest BCUT2D eigenvalue weighted by Crippen LogP contribution is 2.37. The van der Waals surface area contributed by atoms with Gasteiger partial charge in [0.15, 0.2) is 0 Å². The van der Waals surface area contributed by atoms with Crippen LogP contribution in [0.15, 0.2) is 91.0 Å². The van der Waals surface area contributed by atoms with Crippen molar-refractivity contribution in [2.24, 2.45) is 5.41 Å². The average molecular weight is 629 g/mol. The van der Waals surface area contributed by atoms with Crippen LogP contribution in [0, 0.1) is 5.41 Å². The lowest BCUT2D eigenvalue weighted by molar-refractivity contribution is 0.243. The molecule has 37 heavy (non-hydrogen) atoms. The second-order valence-electron chi connectivity index (χ2n) is 10.9. The van der Waals surface area contributed by atoms with Gasteiger partial charge in [0.25, 0.3) is 0 Å². The van der Waals surface area contributed by atoms with Crippen molar-refractivity contribution in [1.82, 2.24) is 0 Å². The van der Waals surface area contributed by atoms with Gasteiger partial charge in [0, 0.05) is 0 Å². The smallest absolute Gasteiger partial charge is 0.0176 e. The highest BCUT2D eigenvalue weighted by atomic mass is 127. The van der Waals surface area contributed by atoms with E-state index < -0.39 is 0 Å². The Morgan fingerprint density at radius 2 is 0.703 bits per heavy atom. The lowest BCUT2D eigenvalue weighted by Crippen LogP contribution is -2.30. The van der Waals surface area contributed by atoms with Gasteiger partial charge in [-0.2, -0.15) is 0 Å². The Kier molecular flexibility index (Phi) is 17.2. The normalized spacial score (nSPS) is 11.3. The van der Waals surface area contributed by atoms with E-state index in [2.05, 4.69) is 100 Å². The third kappa shape index (κ3) is 13.4. The highest BCUT2D eigenvalue weighted by molar-refractivity contribution is 14.0. The minimum Gasteiger partial charge on any atom is -0.138 e. The molecule has 0 heterocycles. The first kappa shape index (κ1) is 32.0. The van der Waals surface area contributed by atoms with Gasteiger partial charge in [-0.15, -0.1) is 33.2 Å². The summed E-state index contributed by atoms with van der Waals surface area (Å²) < 4.78 is 0. The molecule has 3 aromatic rings. The maximum absolute atomic E-state index is 2.85. The largest absolute Gasteiger partial charge is 0.138 e. The van der Waals surface area contributed by atoms with Crippen LogP contribution >= 0.6 is 33.2 Å². The molecule has 202 valence electrons. The number of hydrogen-bond donors (Lipinski definition) is 0. The number of unbranched alkanes of at least 4 members (excludes halogenated alkanes) is 10. The zero-order valence-electron chi connectivity index (χ0n) is 23.0. The van der Waals surface area contributed by atoms with E-state index >= 15 is 0 Å². The van der Waals surface area contributed by atoms with E-state index in [0.29, 0.717) is 0 Å². The van der Waals surface area contributed by atoms with Gasteiger partial charge in [0.2, 0.25) is 0 Å². The van der Waals surface area contributed by atoms with Crippen LogP contribution in [0.5, 0.6) is 0 Å². The van der Waals surface area contributed by atoms with Gasteiger partial charge in [-0.1, -0.05) is 155 Å². The predicted molar refractivity (Wildman–Crippen MR) is 178 cm³/mol. The van der Waals surface area contributed by atoms with Crippen LogP contribution in [0.4, 0.5) is 0 Å². The summed E-state index contributed by atoms with van der Waals surface area (Å²) in [7, 11) is 2.85. The van der Waals surface area contributed by atoms with Gasteiger partial charge in [-0.3, -0.25) is 0 Å². The molecule has 0 N–H and O–H groups in total. The third-order valence-corrected chi connectivity index (χ3v) is 8.09. The topological polar surface area (TPSA) is 0 Å². The Balaban J connectivity index is 0.00000481. The number of rotatable bonds is 19. The summed E-state index contributed by atoms with van der Waals surface area (Å²) in [6.45, 7) is 0. The molecule has 0 aliphatic rings. The van der Waals surface area contributed by atoms with E-state index in [1.165, 1.54) is 99.9 Å². The van der Waals surface area contributed by atoms with E-state index in [-0.39, 0.29) is 29.4 Å². The highest BCUT2D eigenvalue weighted by Gasteiger charge is 2.30. The Labute approximate surface area is 247 Å². The molecule has 1 unspecified atom stereocenters. The molecule has 0 radical (unpaired) electrons. The first-order chi connectivity index (χ1) is 17.8. The van der Waals surface area contributed by atoms with Crippen LogP contribution in [-0.2, 0) is 19.3 Å². The molecule has 0 aliphatic carbocycles. The maximum atomic E-state index is 2.85. The lowest BCUT2D eigenvalue weighted by atomic mass is 9.69. The van der Waals surface area contributed by atoms with Crippen molar-refractivity contribution in [2.75, 3.05) is 6.16 Å². The van der Waals surface area contributed by atoms with E-state index in [9.17, 15) is 0 Å². The van der Waals surface area contributed by atoms with Crippen molar-refractivity contribution >= 4 is 33.2 Å². The van der Waals surface area contributed by atoms with Crippen molar-refractivity contribution in [3.8, 4) is 0 Å². The Bertz CT molecular complexity index is 808. The van der Waals surface area contributed by atoms with Crippen LogP contribution in [0.2, 0.25) is 0 Å². The van der Waals surface area contributed by atoms with Crippen LogP contribution in [-0.4, -0.2) is 6.16 Å². The number of halogens is 1. The van der Waals surface area contributed by atoms with Gasteiger partial charge in [-0.25, -0.2) is 0 Å². The minimum atomic E-state index is 0. The molecule has 0 saturated heterocycles. The van der Waals surface area contributed by atoms with Crippen LogP contribution in [0.25, 0.3) is 0 Å². The fraction of sp³-hybridized carbons (Fsp3) is 0.486. The monoisotopic (exact) mass is 628 g/mol. The quantitative estimate of drug-likeness (QED) is 0.0704. The second kappa shape index (κ2) is 19.8. The lowest BCUT2D eigenvalue weighted by Gasteiger charge is -2.35. The molecule has 0 aromatic heterocycles. The van der Waals surface area contributed by atoms with Gasteiger partial charge in [-0.05, 0) is 60.4 Å². The Morgan fingerprint density at radius 3 is 1.03 bits per heavy atom. The molecule has 3 aromatic carbocycles. The fourth-order valence-corrected chi connectivity index (χ4v) is 6.06. The third-order valence-electron chi connectivity index (χ3n) is 7.68. The molecule has 0 bridgehead atoms. The van der Waals surface area contributed by atoms with Crippen LogP contribution in [0.3, 0.4) is 0 Å². The summed E-state index contributed by atoms with van der Waals surface area (Å²) in [5.41, 5.74) is 4.67. The molecule has 3 rings (SSSR count). The molecule has 0 aliphatic heterocycles. The minimum absolute atomic E-state index is 0. The SMILES string of the molecule is I.PCCCCCCCCCCCCCC(Cc1ccccc1)(Cc1ccccc1)Cc1ccccc1.